The van der Waals surface area contributed by atoms with Crippen LogP contribution in [0.15, 0.2) is 52.5 Å². The number of hydrogen-bond acceptors (Lipinski definition) is 6. The number of sulfonamides is 1. The molecule has 0 spiro atoms. The summed E-state index contributed by atoms with van der Waals surface area (Å²) >= 11 is 1.28. The Kier molecular flexibility index (Phi) is 7.96. The predicted molar refractivity (Wildman–Crippen MR) is 126 cm³/mol. The largest absolute Gasteiger partial charge is 0.369 e. The zero-order valence-corrected chi connectivity index (χ0v) is 19.9. The molecule has 0 atom stereocenters. The summed E-state index contributed by atoms with van der Waals surface area (Å²) in [5, 5.41) is 3.50. The zero-order valence-electron chi connectivity index (χ0n) is 18.2. The van der Waals surface area contributed by atoms with Crippen LogP contribution in [0.25, 0.3) is 0 Å². The van der Waals surface area contributed by atoms with Gasteiger partial charge in [-0.15, -0.1) is 0 Å². The van der Waals surface area contributed by atoms with Gasteiger partial charge in [0.25, 0.3) is 0 Å². The number of amides is 1. The molecular formula is C22H30N4O3S2. The molecule has 1 aromatic carbocycles. The van der Waals surface area contributed by atoms with E-state index in [2.05, 4.69) is 36.0 Å². The van der Waals surface area contributed by atoms with Crippen LogP contribution in [0.3, 0.4) is 0 Å². The van der Waals surface area contributed by atoms with Gasteiger partial charge >= 0.3 is 0 Å². The maximum Gasteiger partial charge on any atom is 0.244 e. The van der Waals surface area contributed by atoms with Crippen LogP contribution >= 0.6 is 11.8 Å². The highest BCUT2D eigenvalue weighted by molar-refractivity contribution is 7.99. The smallest absolute Gasteiger partial charge is 0.244 e. The molecule has 0 aliphatic carbocycles. The molecule has 2 heterocycles. The summed E-state index contributed by atoms with van der Waals surface area (Å²) in [6, 6.07) is 11.4. The summed E-state index contributed by atoms with van der Waals surface area (Å²) in [6.45, 7) is 8.47. The van der Waals surface area contributed by atoms with Crippen molar-refractivity contribution in [3.63, 3.8) is 0 Å². The second kappa shape index (κ2) is 10.5. The average Bonchev–Trinajstić information content (AvgIpc) is 3.30. The lowest BCUT2D eigenvalue weighted by Crippen LogP contribution is -2.30. The number of hydrogen-bond donors (Lipinski definition) is 1. The van der Waals surface area contributed by atoms with Crippen LogP contribution in [0.5, 0.6) is 0 Å². The van der Waals surface area contributed by atoms with Gasteiger partial charge in [-0.05, 0) is 70.0 Å². The molecule has 1 fully saturated rings. The van der Waals surface area contributed by atoms with E-state index in [-0.39, 0.29) is 16.6 Å². The fourth-order valence-corrected chi connectivity index (χ4v) is 5.71. The highest BCUT2D eigenvalue weighted by atomic mass is 32.2. The summed E-state index contributed by atoms with van der Waals surface area (Å²) in [6.07, 6.45) is 3.17. The fourth-order valence-electron chi connectivity index (χ4n) is 3.60. The van der Waals surface area contributed by atoms with Gasteiger partial charge in [0, 0.05) is 43.2 Å². The summed E-state index contributed by atoms with van der Waals surface area (Å²) in [5.74, 6) is 0.0598. The van der Waals surface area contributed by atoms with Crippen molar-refractivity contribution >= 4 is 39.1 Å². The lowest BCUT2D eigenvalue weighted by Gasteiger charge is -2.27. The van der Waals surface area contributed by atoms with E-state index in [1.807, 2.05) is 24.3 Å². The van der Waals surface area contributed by atoms with Crippen LogP contribution in [-0.4, -0.2) is 55.0 Å². The molecule has 1 aliphatic heterocycles. The number of carbonyl (C=O) groups excluding carboxylic acids is 1. The van der Waals surface area contributed by atoms with E-state index in [9.17, 15) is 13.2 Å². The first-order valence-corrected chi connectivity index (χ1v) is 13.0. The van der Waals surface area contributed by atoms with E-state index in [1.54, 1.807) is 12.1 Å². The molecule has 0 bridgehead atoms. The highest BCUT2D eigenvalue weighted by Gasteiger charge is 2.27. The van der Waals surface area contributed by atoms with Crippen LogP contribution in [-0.2, 0) is 14.8 Å². The summed E-state index contributed by atoms with van der Waals surface area (Å²) in [5.41, 5.74) is 1.87. The van der Waals surface area contributed by atoms with Gasteiger partial charge in [0.05, 0.1) is 10.8 Å². The molecular weight excluding hydrogens is 432 g/mol. The molecule has 9 heteroatoms. The van der Waals surface area contributed by atoms with Crippen LogP contribution < -0.4 is 10.2 Å². The van der Waals surface area contributed by atoms with Gasteiger partial charge < -0.3 is 10.2 Å². The minimum absolute atomic E-state index is 0.135. The number of benzene rings is 1. The van der Waals surface area contributed by atoms with Crippen molar-refractivity contribution in [1.82, 2.24) is 9.29 Å². The Labute approximate surface area is 189 Å². The number of pyridine rings is 1. The molecule has 168 valence electrons. The number of aromatic nitrogens is 1. The number of carbonyl (C=O) groups is 1. The van der Waals surface area contributed by atoms with Crippen LogP contribution in [0.1, 0.15) is 33.6 Å². The molecule has 0 saturated carbocycles. The molecule has 2 aromatic rings. The Morgan fingerprint density at radius 3 is 2.39 bits per heavy atom. The van der Waals surface area contributed by atoms with Crippen LogP contribution in [0.4, 0.5) is 11.4 Å². The third kappa shape index (κ3) is 5.99. The lowest BCUT2D eigenvalue weighted by molar-refractivity contribution is -0.113. The minimum atomic E-state index is -3.47. The Hall–Kier alpha value is -2.10. The monoisotopic (exact) mass is 462 g/mol. The Balaban J connectivity index is 1.52. The fraction of sp³-hybridized carbons (Fsp3) is 0.455. The lowest BCUT2D eigenvalue weighted by atomic mass is 10.2. The number of nitrogens with zero attached hydrogens (tertiary/aromatic N) is 3. The van der Waals surface area contributed by atoms with E-state index in [0.29, 0.717) is 24.2 Å². The second-order valence-electron chi connectivity index (χ2n) is 7.71. The quantitative estimate of drug-likeness (QED) is 0.570. The number of rotatable bonds is 9. The molecule has 1 saturated heterocycles. The molecule has 1 aromatic heterocycles. The van der Waals surface area contributed by atoms with Gasteiger partial charge in [0.2, 0.25) is 15.9 Å². The van der Waals surface area contributed by atoms with E-state index in [0.717, 1.165) is 30.8 Å². The summed E-state index contributed by atoms with van der Waals surface area (Å²) in [7, 11) is -3.47. The van der Waals surface area contributed by atoms with E-state index >= 15 is 0 Å². The molecule has 1 aliphatic rings. The van der Waals surface area contributed by atoms with Crippen molar-refractivity contribution in [2.75, 3.05) is 35.6 Å². The predicted octanol–water partition coefficient (Wildman–Crippen LogP) is 3.83. The topological polar surface area (TPSA) is 82.6 Å². The molecule has 1 N–H and O–H groups in total. The first-order valence-electron chi connectivity index (χ1n) is 10.6. The van der Waals surface area contributed by atoms with Gasteiger partial charge in [0.1, 0.15) is 4.90 Å². The average molecular weight is 463 g/mol. The van der Waals surface area contributed by atoms with Crippen LogP contribution in [0.2, 0.25) is 0 Å². The van der Waals surface area contributed by atoms with Crippen molar-refractivity contribution in [2.45, 2.75) is 49.6 Å². The Bertz CT molecular complexity index is 971. The van der Waals surface area contributed by atoms with Gasteiger partial charge in [-0.1, -0.05) is 11.8 Å². The van der Waals surface area contributed by atoms with E-state index in [4.69, 9.17) is 0 Å². The van der Waals surface area contributed by atoms with E-state index < -0.39 is 10.0 Å². The first kappa shape index (κ1) is 23.6. The Morgan fingerprint density at radius 2 is 1.84 bits per heavy atom. The van der Waals surface area contributed by atoms with Crippen LogP contribution in [0, 0.1) is 0 Å². The zero-order chi connectivity index (χ0) is 22.4. The number of thioether (sulfide) groups is 1. The summed E-state index contributed by atoms with van der Waals surface area (Å²) in [4.78, 5) is 19.0. The van der Waals surface area contributed by atoms with Crippen molar-refractivity contribution in [3.8, 4) is 0 Å². The maximum atomic E-state index is 12.5. The normalized spacial score (nSPS) is 14.7. The van der Waals surface area contributed by atoms with Crippen molar-refractivity contribution in [3.05, 3.63) is 42.6 Å². The van der Waals surface area contributed by atoms with Gasteiger partial charge in [0.15, 0.2) is 0 Å². The first-order chi connectivity index (χ1) is 14.8. The molecule has 0 unspecified atom stereocenters. The molecule has 31 heavy (non-hydrogen) atoms. The SMILES string of the molecule is CCN(c1ccc(NC(=O)CSc2ccc(S(=O)(=O)N3CCCC3)cn2)cc1)C(C)C. The molecule has 1 amide bonds. The summed E-state index contributed by atoms with van der Waals surface area (Å²) < 4.78 is 26.6. The number of nitrogens with one attached hydrogen (secondary N) is 1. The minimum Gasteiger partial charge on any atom is -0.369 e. The third-order valence-electron chi connectivity index (χ3n) is 5.21. The van der Waals surface area contributed by atoms with Crippen molar-refractivity contribution in [1.29, 1.82) is 0 Å². The van der Waals surface area contributed by atoms with Gasteiger partial charge in [-0.3, -0.25) is 4.79 Å². The molecule has 0 radical (unpaired) electrons. The molecule has 3 rings (SSSR count). The maximum absolute atomic E-state index is 12.5. The van der Waals surface area contributed by atoms with Crippen molar-refractivity contribution in [2.24, 2.45) is 0 Å². The third-order valence-corrected chi connectivity index (χ3v) is 8.04. The number of anilines is 2. The second-order valence-corrected chi connectivity index (χ2v) is 10.6. The van der Waals surface area contributed by atoms with E-state index in [1.165, 1.54) is 22.3 Å². The standard InChI is InChI=1S/C22H30N4O3S2/c1-4-26(17(2)3)19-9-7-18(8-10-19)24-21(27)16-30-22-12-11-20(15-23-22)31(28,29)25-13-5-6-14-25/h7-12,15,17H,4-6,13-14,16H2,1-3H3,(H,24,27). The highest BCUT2D eigenvalue weighted by Crippen LogP contribution is 2.23. The molecule has 7 nitrogen and oxygen atoms in total. The van der Waals surface area contributed by atoms with Crippen molar-refractivity contribution < 1.29 is 13.2 Å². The van der Waals surface area contributed by atoms with Gasteiger partial charge in [-0.2, -0.15) is 4.31 Å². The Morgan fingerprint density at radius 1 is 1.16 bits per heavy atom. The van der Waals surface area contributed by atoms with Gasteiger partial charge in [-0.25, -0.2) is 13.4 Å².